The van der Waals surface area contributed by atoms with Crippen LogP contribution in [0.1, 0.15) is 10.4 Å². The van der Waals surface area contributed by atoms with Gasteiger partial charge < -0.3 is 20.8 Å². The number of hydrogen-bond donors (Lipinski definition) is 3. The number of para-hydroxylation sites is 3. The molecule has 98 valence electrons. The quantitative estimate of drug-likeness (QED) is 0.567. The van der Waals surface area contributed by atoms with Gasteiger partial charge in [0, 0.05) is 7.05 Å². The van der Waals surface area contributed by atoms with Gasteiger partial charge in [-0.3, -0.25) is 4.79 Å². The van der Waals surface area contributed by atoms with Gasteiger partial charge in [0.2, 0.25) is 0 Å². The Balaban J connectivity index is 2.40. The van der Waals surface area contributed by atoms with Crippen LogP contribution in [0.4, 0.5) is 11.4 Å². The molecule has 0 saturated carbocycles. The molecule has 1 amide bonds. The maximum atomic E-state index is 12.3. The molecule has 2 rings (SSSR count). The first-order valence-corrected chi connectivity index (χ1v) is 5.66. The monoisotopic (exact) mass is 258 g/mol. The van der Waals surface area contributed by atoms with E-state index in [0.717, 1.165) is 0 Å². The number of anilines is 2. The van der Waals surface area contributed by atoms with Gasteiger partial charge in [0.1, 0.15) is 5.75 Å². The van der Waals surface area contributed by atoms with E-state index in [0.29, 0.717) is 5.69 Å². The summed E-state index contributed by atoms with van der Waals surface area (Å²) in [5.74, 6) is -0.720. The minimum atomic E-state index is -0.452. The molecule has 0 aromatic heterocycles. The molecule has 5 nitrogen and oxygen atoms in total. The Morgan fingerprint density at radius 1 is 1.11 bits per heavy atom. The van der Waals surface area contributed by atoms with Gasteiger partial charge in [0.15, 0.2) is 5.75 Å². The van der Waals surface area contributed by atoms with Crippen LogP contribution in [0, 0.1) is 0 Å². The second kappa shape index (κ2) is 4.89. The van der Waals surface area contributed by atoms with Gasteiger partial charge >= 0.3 is 0 Å². The van der Waals surface area contributed by atoms with Gasteiger partial charge in [-0.25, -0.2) is 0 Å². The largest absolute Gasteiger partial charge is 0.506 e. The summed E-state index contributed by atoms with van der Waals surface area (Å²) in [6, 6.07) is 11.0. The molecule has 0 atom stereocenters. The standard InChI is InChI=1S/C14H14N2O3/c1-16(11-7-2-3-8-12(11)17)14(19)9-5-4-6-10(15)13(9)18/h2-8,17-18H,15H2,1H3. The molecule has 0 aliphatic carbocycles. The van der Waals surface area contributed by atoms with Crippen LogP contribution in [0.2, 0.25) is 0 Å². The Kier molecular flexibility index (Phi) is 3.29. The number of nitrogens with two attached hydrogens (primary N) is 1. The fraction of sp³-hybridized carbons (Fsp3) is 0.0714. The normalized spacial score (nSPS) is 10.2. The van der Waals surface area contributed by atoms with Crippen molar-refractivity contribution in [1.82, 2.24) is 0 Å². The second-order valence-corrected chi connectivity index (χ2v) is 4.10. The molecular formula is C14H14N2O3. The summed E-state index contributed by atoms with van der Waals surface area (Å²) in [5, 5.41) is 19.5. The summed E-state index contributed by atoms with van der Waals surface area (Å²) < 4.78 is 0. The zero-order chi connectivity index (χ0) is 14.0. The number of aromatic hydroxyl groups is 2. The van der Waals surface area contributed by atoms with Crippen LogP contribution in [0.3, 0.4) is 0 Å². The topological polar surface area (TPSA) is 86.8 Å². The predicted molar refractivity (Wildman–Crippen MR) is 73.4 cm³/mol. The Labute approximate surface area is 110 Å². The minimum absolute atomic E-state index is 0.0123. The van der Waals surface area contributed by atoms with Crippen molar-refractivity contribution < 1.29 is 15.0 Å². The molecule has 0 fully saturated rings. The number of rotatable bonds is 2. The highest BCUT2D eigenvalue weighted by Crippen LogP contribution is 2.30. The number of nitrogen functional groups attached to an aromatic ring is 1. The number of phenolic OH excluding ortho intramolecular Hbond substituents is 2. The summed E-state index contributed by atoms with van der Waals surface area (Å²) in [5.41, 5.74) is 6.14. The predicted octanol–water partition coefficient (Wildman–Crippen LogP) is 1.96. The minimum Gasteiger partial charge on any atom is -0.506 e. The lowest BCUT2D eigenvalue weighted by Gasteiger charge is -2.19. The highest BCUT2D eigenvalue weighted by molar-refractivity contribution is 6.09. The van der Waals surface area contributed by atoms with Gasteiger partial charge in [-0.05, 0) is 24.3 Å². The van der Waals surface area contributed by atoms with Crippen molar-refractivity contribution in [1.29, 1.82) is 0 Å². The lowest BCUT2D eigenvalue weighted by molar-refractivity contribution is 0.0990. The zero-order valence-electron chi connectivity index (χ0n) is 10.4. The van der Waals surface area contributed by atoms with E-state index in [1.54, 1.807) is 24.3 Å². The van der Waals surface area contributed by atoms with Crippen molar-refractivity contribution in [2.24, 2.45) is 0 Å². The maximum absolute atomic E-state index is 12.3. The Hall–Kier alpha value is -2.69. The van der Waals surface area contributed by atoms with Crippen molar-refractivity contribution in [3.8, 4) is 11.5 Å². The molecule has 0 aliphatic heterocycles. The third kappa shape index (κ3) is 2.30. The van der Waals surface area contributed by atoms with Crippen LogP contribution in [-0.2, 0) is 0 Å². The number of amides is 1. The van der Waals surface area contributed by atoms with E-state index >= 15 is 0 Å². The van der Waals surface area contributed by atoms with Crippen LogP contribution in [0.15, 0.2) is 42.5 Å². The third-order valence-electron chi connectivity index (χ3n) is 2.85. The van der Waals surface area contributed by atoms with E-state index in [9.17, 15) is 15.0 Å². The van der Waals surface area contributed by atoms with Crippen molar-refractivity contribution in [3.05, 3.63) is 48.0 Å². The molecule has 2 aromatic carbocycles. The van der Waals surface area contributed by atoms with Crippen molar-refractivity contribution in [3.63, 3.8) is 0 Å². The van der Waals surface area contributed by atoms with Gasteiger partial charge in [-0.15, -0.1) is 0 Å². The van der Waals surface area contributed by atoms with Crippen molar-refractivity contribution >= 4 is 17.3 Å². The van der Waals surface area contributed by atoms with E-state index in [1.165, 1.54) is 30.1 Å². The average molecular weight is 258 g/mol. The van der Waals surface area contributed by atoms with Crippen molar-refractivity contribution in [2.45, 2.75) is 0 Å². The van der Waals surface area contributed by atoms with E-state index < -0.39 is 5.91 Å². The molecule has 2 aromatic rings. The smallest absolute Gasteiger partial charge is 0.261 e. The molecule has 0 unspecified atom stereocenters. The summed E-state index contributed by atoms with van der Waals surface area (Å²) in [7, 11) is 1.51. The van der Waals surface area contributed by atoms with Gasteiger partial charge in [0.05, 0.1) is 16.9 Å². The second-order valence-electron chi connectivity index (χ2n) is 4.10. The van der Waals surface area contributed by atoms with Crippen LogP contribution in [-0.4, -0.2) is 23.2 Å². The molecular weight excluding hydrogens is 244 g/mol. The van der Waals surface area contributed by atoms with E-state index in [-0.39, 0.29) is 22.7 Å². The van der Waals surface area contributed by atoms with E-state index in [4.69, 9.17) is 5.73 Å². The molecule has 4 N–H and O–H groups in total. The van der Waals surface area contributed by atoms with Crippen LogP contribution in [0.5, 0.6) is 11.5 Å². The summed E-state index contributed by atoms with van der Waals surface area (Å²) >= 11 is 0. The number of carbonyl (C=O) groups excluding carboxylic acids is 1. The molecule has 0 aliphatic rings. The third-order valence-corrected chi connectivity index (χ3v) is 2.85. The lowest BCUT2D eigenvalue weighted by atomic mass is 10.1. The summed E-state index contributed by atoms with van der Waals surface area (Å²) in [6.07, 6.45) is 0. The zero-order valence-corrected chi connectivity index (χ0v) is 10.4. The summed E-state index contributed by atoms with van der Waals surface area (Å²) in [6.45, 7) is 0. The first-order chi connectivity index (χ1) is 9.02. The SMILES string of the molecule is CN(C(=O)c1cccc(N)c1O)c1ccccc1O. The number of benzene rings is 2. The molecule has 5 heteroatoms. The van der Waals surface area contributed by atoms with Crippen LogP contribution < -0.4 is 10.6 Å². The molecule has 19 heavy (non-hydrogen) atoms. The molecule has 0 saturated heterocycles. The first-order valence-electron chi connectivity index (χ1n) is 5.66. The van der Waals surface area contributed by atoms with E-state index in [2.05, 4.69) is 0 Å². The average Bonchev–Trinajstić information content (AvgIpc) is 2.41. The van der Waals surface area contributed by atoms with E-state index in [1.807, 2.05) is 0 Å². The first kappa shape index (κ1) is 12.8. The highest BCUT2D eigenvalue weighted by Gasteiger charge is 2.19. The Morgan fingerprint density at radius 2 is 1.79 bits per heavy atom. The van der Waals surface area contributed by atoms with Crippen LogP contribution in [0.25, 0.3) is 0 Å². The summed E-state index contributed by atoms with van der Waals surface area (Å²) in [4.78, 5) is 13.5. The fourth-order valence-electron chi connectivity index (χ4n) is 1.77. The fourth-order valence-corrected chi connectivity index (χ4v) is 1.77. The molecule has 0 bridgehead atoms. The number of nitrogens with zero attached hydrogens (tertiary/aromatic N) is 1. The molecule has 0 radical (unpaired) electrons. The number of hydrogen-bond acceptors (Lipinski definition) is 4. The number of phenols is 2. The van der Waals surface area contributed by atoms with Crippen molar-refractivity contribution in [2.75, 3.05) is 17.7 Å². The molecule has 0 heterocycles. The van der Waals surface area contributed by atoms with Crippen LogP contribution >= 0.6 is 0 Å². The Morgan fingerprint density at radius 3 is 2.47 bits per heavy atom. The highest BCUT2D eigenvalue weighted by atomic mass is 16.3. The number of carbonyl (C=O) groups is 1. The van der Waals surface area contributed by atoms with Gasteiger partial charge in [-0.1, -0.05) is 18.2 Å². The Bertz CT molecular complexity index is 626. The van der Waals surface area contributed by atoms with Gasteiger partial charge in [0.25, 0.3) is 5.91 Å². The van der Waals surface area contributed by atoms with Gasteiger partial charge in [-0.2, -0.15) is 0 Å². The lowest BCUT2D eigenvalue weighted by Crippen LogP contribution is -2.26. The molecule has 0 spiro atoms. The maximum Gasteiger partial charge on any atom is 0.261 e.